The number of hydrogen-bond donors (Lipinski definition) is 1. The predicted octanol–water partition coefficient (Wildman–Crippen LogP) is 4.42. The predicted molar refractivity (Wildman–Crippen MR) is 93.5 cm³/mol. The quantitative estimate of drug-likeness (QED) is 0.820. The molecule has 1 N–H and O–H groups in total. The van der Waals surface area contributed by atoms with E-state index in [0.29, 0.717) is 17.1 Å². The Morgan fingerprint density at radius 3 is 2.59 bits per heavy atom. The summed E-state index contributed by atoms with van der Waals surface area (Å²) in [7, 11) is 3.97. The van der Waals surface area contributed by atoms with E-state index in [2.05, 4.69) is 9.89 Å². The Morgan fingerprint density at radius 2 is 1.91 bits per heavy atom. The molecule has 2 aromatic carbocycles. The maximum Gasteiger partial charge on any atom is 0.124 e. The molecule has 0 aromatic heterocycles. The molecular weight excluding hydrogens is 319 g/mol. The van der Waals surface area contributed by atoms with Crippen LogP contribution in [0.3, 0.4) is 0 Å². The van der Waals surface area contributed by atoms with Gasteiger partial charge in [0.15, 0.2) is 0 Å². The number of aromatic hydroxyl groups is 1. The van der Waals surface area contributed by atoms with E-state index in [-0.39, 0.29) is 11.8 Å². The second-order valence-corrected chi connectivity index (χ2v) is 6.04. The number of phenols is 1. The molecule has 0 bridgehead atoms. The lowest BCUT2D eigenvalue weighted by atomic mass is 10.1. The Kier molecular flexibility index (Phi) is 5.83. The molecule has 22 heavy (non-hydrogen) atoms. The highest BCUT2D eigenvalue weighted by Crippen LogP contribution is 2.26. The molecule has 0 amide bonds. The summed E-state index contributed by atoms with van der Waals surface area (Å²) in [5.41, 5.74) is 1.63. The summed E-state index contributed by atoms with van der Waals surface area (Å²) in [6, 6.07) is 12.7. The van der Waals surface area contributed by atoms with E-state index in [1.807, 2.05) is 38.4 Å². The van der Waals surface area contributed by atoms with Gasteiger partial charge in [0, 0.05) is 21.8 Å². The minimum Gasteiger partial charge on any atom is -0.507 e. The van der Waals surface area contributed by atoms with Gasteiger partial charge < -0.3 is 10.0 Å². The Morgan fingerprint density at radius 1 is 1.18 bits per heavy atom. The largest absolute Gasteiger partial charge is 0.507 e. The summed E-state index contributed by atoms with van der Waals surface area (Å²) in [5, 5.41) is 11.1. The molecule has 0 fully saturated rings. The summed E-state index contributed by atoms with van der Waals surface area (Å²) in [5.74, 6) is 0.160. The summed E-state index contributed by atoms with van der Waals surface area (Å²) < 4.78 is 0. The molecule has 5 heteroatoms. The number of likely N-dealkylation sites (N-methyl/N-ethyl adjacent to an activating group) is 1. The van der Waals surface area contributed by atoms with Gasteiger partial charge in [0.2, 0.25) is 0 Å². The van der Waals surface area contributed by atoms with Gasteiger partial charge in [0.1, 0.15) is 5.75 Å². The van der Waals surface area contributed by atoms with Crippen molar-refractivity contribution in [1.29, 1.82) is 0 Å². The number of phenolic OH excluding ortho intramolecular Hbond substituents is 1. The van der Waals surface area contributed by atoms with Crippen LogP contribution in [0.1, 0.15) is 17.2 Å². The van der Waals surface area contributed by atoms with Gasteiger partial charge >= 0.3 is 0 Å². The van der Waals surface area contributed by atoms with Crippen LogP contribution >= 0.6 is 23.2 Å². The monoisotopic (exact) mass is 336 g/mol. The van der Waals surface area contributed by atoms with Gasteiger partial charge in [-0.1, -0.05) is 41.4 Å². The fourth-order valence-corrected chi connectivity index (χ4v) is 2.61. The Labute approximate surface area is 140 Å². The van der Waals surface area contributed by atoms with Gasteiger partial charge in [-0.15, -0.1) is 0 Å². The van der Waals surface area contributed by atoms with Crippen LogP contribution in [0, 0.1) is 0 Å². The van der Waals surface area contributed by atoms with Crippen LogP contribution in [0.2, 0.25) is 10.0 Å². The molecule has 0 aliphatic heterocycles. The van der Waals surface area contributed by atoms with E-state index < -0.39 is 0 Å². The normalized spacial score (nSPS) is 13.0. The summed E-state index contributed by atoms with van der Waals surface area (Å²) >= 11 is 12.2. The zero-order valence-electron chi connectivity index (χ0n) is 12.5. The zero-order valence-corrected chi connectivity index (χ0v) is 14.0. The van der Waals surface area contributed by atoms with Gasteiger partial charge in [-0.3, -0.25) is 4.99 Å². The van der Waals surface area contributed by atoms with E-state index >= 15 is 0 Å². The van der Waals surface area contributed by atoms with E-state index in [1.165, 1.54) is 0 Å². The first-order valence-corrected chi connectivity index (χ1v) is 7.64. The van der Waals surface area contributed by atoms with Crippen LogP contribution in [-0.4, -0.2) is 36.9 Å². The summed E-state index contributed by atoms with van der Waals surface area (Å²) in [6.07, 6.45) is 1.63. The van der Waals surface area contributed by atoms with Crippen molar-refractivity contribution in [3.63, 3.8) is 0 Å². The second-order valence-electron chi connectivity index (χ2n) is 5.20. The van der Waals surface area contributed by atoms with E-state index in [1.54, 1.807) is 24.4 Å². The van der Waals surface area contributed by atoms with E-state index in [0.717, 1.165) is 10.6 Å². The number of halogens is 2. The Hall–Kier alpha value is -1.55. The average Bonchev–Trinajstić information content (AvgIpc) is 2.48. The second kappa shape index (κ2) is 7.63. The number of nitrogens with zero attached hydrogens (tertiary/aromatic N) is 2. The first-order chi connectivity index (χ1) is 10.5. The minimum absolute atomic E-state index is 0.0614. The van der Waals surface area contributed by atoms with Crippen molar-refractivity contribution in [3.05, 3.63) is 63.6 Å². The standard InChI is InChI=1S/C17H18Cl2N2O/c1-21(2)16(14-5-3-4-6-15(14)19)11-20-10-12-9-13(18)7-8-17(12)22/h3-10,16,22H,11H2,1-2H3/t16-/m1/s1. The fraction of sp³-hybridized carbons (Fsp3) is 0.235. The van der Waals surface area contributed by atoms with Crippen LogP contribution in [0.15, 0.2) is 47.5 Å². The highest BCUT2D eigenvalue weighted by molar-refractivity contribution is 6.31. The first kappa shape index (κ1) is 16.8. The number of benzene rings is 2. The molecular formula is C17H18Cl2N2O. The summed E-state index contributed by atoms with van der Waals surface area (Å²) in [6.45, 7) is 0.530. The SMILES string of the molecule is CN(C)[C@H](CN=Cc1cc(Cl)ccc1O)c1ccccc1Cl. The minimum atomic E-state index is 0.0614. The maximum atomic E-state index is 9.79. The maximum absolute atomic E-state index is 9.79. The van der Waals surface area contributed by atoms with Gasteiger partial charge in [0.05, 0.1) is 12.6 Å². The highest BCUT2D eigenvalue weighted by atomic mass is 35.5. The molecule has 0 radical (unpaired) electrons. The molecule has 2 rings (SSSR count). The molecule has 1 atom stereocenters. The number of rotatable bonds is 5. The average molecular weight is 337 g/mol. The van der Waals surface area contributed by atoms with Crippen molar-refractivity contribution >= 4 is 29.4 Å². The third-order valence-corrected chi connectivity index (χ3v) is 3.97. The van der Waals surface area contributed by atoms with Crippen LogP contribution in [-0.2, 0) is 0 Å². The molecule has 0 saturated carbocycles. The molecule has 0 aliphatic rings. The molecule has 0 unspecified atom stereocenters. The van der Waals surface area contributed by atoms with Crippen molar-refractivity contribution in [1.82, 2.24) is 4.90 Å². The van der Waals surface area contributed by atoms with Crippen molar-refractivity contribution in [2.45, 2.75) is 6.04 Å². The molecule has 0 saturated heterocycles. The van der Waals surface area contributed by atoms with Crippen molar-refractivity contribution in [2.75, 3.05) is 20.6 Å². The molecule has 116 valence electrons. The van der Waals surface area contributed by atoms with Gasteiger partial charge in [-0.2, -0.15) is 0 Å². The van der Waals surface area contributed by atoms with E-state index in [9.17, 15) is 5.11 Å². The first-order valence-electron chi connectivity index (χ1n) is 6.88. The van der Waals surface area contributed by atoms with Crippen LogP contribution < -0.4 is 0 Å². The molecule has 2 aromatic rings. The molecule has 0 aliphatic carbocycles. The molecule has 0 spiro atoms. The van der Waals surface area contributed by atoms with Crippen LogP contribution in [0.5, 0.6) is 5.75 Å². The number of aliphatic imine (C=N–C) groups is 1. The Balaban J connectivity index is 2.18. The summed E-state index contributed by atoms with van der Waals surface area (Å²) in [4.78, 5) is 6.50. The smallest absolute Gasteiger partial charge is 0.124 e. The number of hydrogen-bond acceptors (Lipinski definition) is 3. The lowest BCUT2D eigenvalue weighted by Crippen LogP contribution is -2.23. The van der Waals surface area contributed by atoms with Crippen molar-refractivity contribution < 1.29 is 5.11 Å². The van der Waals surface area contributed by atoms with Crippen molar-refractivity contribution in [3.8, 4) is 5.75 Å². The van der Waals surface area contributed by atoms with Gasteiger partial charge in [-0.25, -0.2) is 0 Å². The lowest BCUT2D eigenvalue weighted by Gasteiger charge is -2.24. The topological polar surface area (TPSA) is 35.8 Å². The third-order valence-electron chi connectivity index (χ3n) is 3.39. The fourth-order valence-electron chi connectivity index (χ4n) is 2.16. The van der Waals surface area contributed by atoms with Crippen molar-refractivity contribution in [2.24, 2.45) is 4.99 Å². The molecule has 0 heterocycles. The van der Waals surface area contributed by atoms with Gasteiger partial charge in [-0.05, 0) is 43.9 Å². The lowest BCUT2D eigenvalue weighted by molar-refractivity contribution is 0.307. The Bertz CT molecular complexity index is 671. The van der Waals surface area contributed by atoms with E-state index in [4.69, 9.17) is 23.2 Å². The highest BCUT2D eigenvalue weighted by Gasteiger charge is 2.15. The van der Waals surface area contributed by atoms with Crippen LogP contribution in [0.4, 0.5) is 0 Å². The van der Waals surface area contributed by atoms with Crippen LogP contribution in [0.25, 0.3) is 0 Å². The zero-order chi connectivity index (χ0) is 16.1. The van der Waals surface area contributed by atoms with Gasteiger partial charge in [0.25, 0.3) is 0 Å². The third kappa shape index (κ3) is 4.23. The molecule has 3 nitrogen and oxygen atoms in total.